The molecule has 5 heteroatoms. The van der Waals surface area contributed by atoms with Gasteiger partial charge in [-0.15, -0.1) is 0 Å². The number of piperidine rings is 1. The van der Waals surface area contributed by atoms with Gasteiger partial charge in [0.1, 0.15) is 5.60 Å². The maximum absolute atomic E-state index is 13.2. The summed E-state index contributed by atoms with van der Waals surface area (Å²) in [7, 11) is 0. The minimum Gasteiger partial charge on any atom is -0.383 e. The number of likely N-dealkylation sites (tertiary alicyclic amines) is 2. The highest BCUT2D eigenvalue weighted by Crippen LogP contribution is 2.40. The third kappa shape index (κ3) is 4.84. The number of carbonyl (C=O) groups is 1. The summed E-state index contributed by atoms with van der Waals surface area (Å²) in [6, 6.07) is 10.7. The molecule has 0 spiro atoms. The van der Waals surface area contributed by atoms with Gasteiger partial charge in [0.25, 0.3) is 0 Å². The third-order valence-corrected chi connectivity index (χ3v) is 8.30. The van der Waals surface area contributed by atoms with Gasteiger partial charge in [0.2, 0.25) is 5.91 Å². The zero-order chi connectivity index (χ0) is 21.3. The number of amides is 1. The SMILES string of the molecule is O=C(C1CCCC1)N1C[C@H](CN2CCC(NCC3CC3)CC2)[C@@](O)(c2ccccc2)C1. The van der Waals surface area contributed by atoms with E-state index in [1.54, 1.807) is 0 Å². The Morgan fingerprint density at radius 3 is 2.42 bits per heavy atom. The number of nitrogens with one attached hydrogen (secondary N) is 1. The summed E-state index contributed by atoms with van der Waals surface area (Å²) in [5.41, 5.74) is 0.0130. The van der Waals surface area contributed by atoms with Crippen LogP contribution < -0.4 is 5.32 Å². The summed E-state index contributed by atoms with van der Waals surface area (Å²) in [6.45, 7) is 5.35. The predicted molar refractivity (Wildman–Crippen MR) is 123 cm³/mol. The van der Waals surface area contributed by atoms with Crippen molar-refractivity contribution < 1.29 is 9.90 Å². The van der Waals surface area contributed by atoms with Crippen molar-refractivity contribution in [1.82, 2.24) is 15.1 Å². The molecule has 2 N–H and O–H groups in total. The van der Waals surface area contributed by atoms with Crippen LogP contribution in [0, 0.1) is 17.8 Å². The molecule has 0 unspecified atom stereocenters. The van der Waals surface area contributed by atoms with Gasteiger partial charge in [0.05, 0.1) is 6.54 Å². The molecule has 0 radical (unpaired) electrons. The Kier molecular flexibility index (Phi) is 6.36. The van der Waals surface area contributed by atoms with E-state index in [1.165, 1.54) is 45.1 Å². The molecule has 170 valence electrons. The summed E-state index contributed by atoms with van der Waals surface area (Å²) in [5, 5.41) is 15.7. The monoisotopic (exact) mass is 425 g/mol. The van der Waals surface area contributed by atoms with Gasteiger partial charge in [-0.25, -0.2) is 0 Å². The van der Waals surface area contributed by atoms with Crippen molar-refractivity contribution in [1.29, 1.82) is 0 Å². The van der Waals surface area contributed by atoms with Gasteiger partial charge in [-0.1, -0.05) is 43.2 Å². The van der Waals surface area contributed by atoms with Crippen LogP contribution >= 0.6 is 0 Å². The van der Waals surface area contributed by atoms with Gasteiger partial charge in [-0.3, -0.25) is 4.79 Å². The Morgan fingerprint density at radius 2 is 1.74 bits per heavy atom. The van der Waals surface area contributed by atoms with Crippen LogP contribution in [0.2, 0.25) is 0 Å². The lowest BCUT2D eigenvalue weighted by atomic mass is 9.83. The van der Waals surface area contributed by atoms with E-state index in [4.69, 9.17) is 0 Å². The fraction of sp³-hybridized carbons (Fsp3) is 0.731. The highest BCUT2D eigenvalue weighted by Gasteiger charge is 2.49. The van der Waals surface area contributed by atoms with E-state index in [0.29, 0.717) is 19.1 Å². The van der Waals surface area contributed by atoms with E-state index < -0.39 is 5.60 Å². The van der Waals surface area contributed by atoms with E-state index in [2.05, 4.69) is 10.2 Å². The Morgan fingerprint density at radius 1 is 1.03 bits per heavy atom. The van der Waals surface area contributed by atoms with Crippen molar-refractivity contribution >= 4 is 5.91 Å². The first-order valence-electron chi connectivity index (χ1n) is 12.6. The molecule has 31 heavy (non-hydrogen) atoms. The van der Waals surface area contributed by atoms with Crippen molar-refractivity contribution in [2.75, 3.05) is 39.3 Å². The molecule has 0 aromatic heterocycles. The molecular weight excluding hydrogens is 386 g/mol. The van der Waals surface area contributed by atoms with Gasteiger partial charge >= 0.3 is 0 Å². The largest absolute Gasteiger partial charge is 0.383 e. The molecular formula is C26H39N3O2. The second-order valence-corrected chi connectivity index (χ2v) is 10.6. The van der Waals surface area contributed by atoms with Gasteiger partial charge in [-0.2, -0.15) is 0 Å². The van der Waals surface area contributed by atoms with Crippen LogP contribution in [-0.2, 0) is 10.4 Å². The van der Waals surface area contributed by atoms with Gasteiger partial charge in [0, 0.05) is 31.0 Å². The predicted octanol–water partition coefficient (Wildman–Crippen LogP) is 2.99. The van der Waals surface area contributed by atoms with E-state index >= 15 is 0 Å². The second kappa shape index (κ2) is 9.21. The maximum Gasteiger partial charge on any atom is 0.225 e. The molecule has 5 rings (SSSR count). The minimum atomic E-state index is -0.948. The van der Waals surface area contributed by atoms with Gasteiger partial charge < -0.3 is 20.2 Å². The molecule has 2 heterocycles. The normalized spacial score (nSPS) is 30.9. The van der Waals surface area contributed by atoms with Crippen LogP contribution in [0.4, 0.5) is 0 Å². The van der Waals surface area contributed by atoms with Crippen molar-refractivity contribution in [2.45, 2.75) is 63.0 Å². The average molecular weight is 426 g/mol. The van der Waals surface area contributed by atoms with Crippen LogP contribution in [-0.4, -0.2) is 66.1 Å². The molecule has 5 nitrogen and oxygen atoms in total. The molecule has 4 aliphatic rings. The van der Waals surface area contributed by atoms with E-state index in [0.717, 1.165) is 44.0 Å². The number of rotatable bonds is 7. The fourth-order valence-electron chi connectivity index (χ4n) is 6.05. The Hall–Kier alpha value is -1.43. The first-order valence-corrected chi connectivity index (χ1v) is 12.6. The Bertz CT molecular complexity index is 738. The van der Waals surface area contributed by atoms with Crippen LogP contribution in [0.1, 0.15) is 56.9 Å². The minimum absolute atomic E-state index is 0.0660. The Balaban J connectivity index is 1.24. The topological polar surface area (TPSA) is 55.8 Å². The summed E-state index contributed by atoms with van der Waals surface area (Å²) >= 11 is 0. The lowest BCUT2D eigenvalue weighted by Gasteiger charge is -2.37. The fourth-order valence-corrected chi connectivity index (χ4v) is 6.05. The number of aliphatic hydroxyl groups is 1. The number of β-amino-alcohol motifs (C(OH)–C–C–N with tert-alkyl or cyclic N) is 1. The van der Waals surface area contributed by atoms with Crippen molar-refractivity contribution in [3.05, 3.63) is 35.9 Å². The smallest absolute Gasteiger partial charge is 0.225 e. The quantitative estimate of drug-likeness (QED) is 0.705. The number of nitrogens with zero attached hydrogens (tertiary/aromatic N) is 2. The van der Waals surface area contributed by atoms with Crippen LogP contribution in [0.3, 0.4) is 0 Å². The maximum atomic E-state index is 13.2. The highest BCUT2D eigenvalue weighted by molar-refractivity contribution is 5.79. The Labute approximate surface area is 187 Å². The lowest BCUT2D eigenvalue weighted by molar-refractivity contribution is -0.135. The summed E-state index contributed by atoms with van der Waals surface area (Å²) in [6.07, 6.45) is 9.56. The molecule has 1 aromatic rings. The van der Waals surface area contributed by atoms with Gasteiger partial charge in [-0.05, 0) is 69.6 Å². The van der Waals surface area contributed by atoms with Crippen LogP contribution in [0.5, 0.6) is 0 Å². The standard InChI is InChI=1S/C26H39N3O2/c30-25(21-6-4-5-7-21)29-18-23(26(31,19-29)22-8-2-1-3-9-22)17-28-14-12-24(13-15-28)27-16-20-10-11-20/h1-3,8-9,20-21,23-24,27,31H,4-7,10-19H2/t23-,26-/m0/s1. The molecule has 0 bridgehead atoms. The van der Waals surface area contributed by atoms with E-state index in [9.17, 15) is 9.90 Å². The molecule has 2 saturated heterocycles. The van der Waals surface area contributed by atoms with Crippen molar-refractivity contribution in [2.24, 2.45) is 17.8 Å². The van der Waals surface area contributed by atoms with Crippen molar-refractivity contribution in [3.63, 3.8) is 0 Å². The summed E-state index contributed by atoms with van der Waals surface area (Å²) < 4.78 is 0. The highest BCUT2D eigenvalue weighted by atomic mass is 16.3. The summed E-state index contributed by atoms with van der Waals surface area (Å²) in [4.78, 5) is 17.7. The van der Waals surface area contributed by atoms with Crippen LogP contribution in [0.25, 0.3) is 0 Å². The number of hydrogen-bond donors (Lipinski definition) is 2. The third-order valence-electron chi connectivity index (χ3n) is 8.30. The van der Waals surface area contributed by atoms with Crippen molar-refractivity contribution in [3.8, 4) is 0 Å². The summed E-state index contributed by atoms with van der Waals surface area (Å²) in [5.74, 6) is 1.45. The average Bonchev–Trinajstić information content (AvgIpc) is 3.34. The van der Waals surface area contributed by atoms with Gasteiger partial charge in [0.15, 0.2) is 0 Å². The zero-order valence-corrected chi connectivity index (χ0v) is 18.8. The van der Waals surface area contributed by atoms with E-state index in [-0.39, 0.29) is 17.7 Å². The molecule has 4 fully saturated rings. The first kappa shape index (κ1) is 21.4. The molecule has 2 saturated carbocycles. The molecule has 2 aliphatic heterocycles. The number of benzene rings is 1. The first-order chi connectivity index (χ1) is 15.1. The molecule has 1 aromatic carbocycles. The van der Waals surface area contributed by atoms with E-state index in [1.807, 2.05) is 35.2 Å². The molecule has 2 aliphatic carbocycles. The second-order valence-electron chi connectivity index (χ2n) is 10.6. The zero-order valence-electron chi connectivity index (χ0n) is 18.8. The molecule has 1 amide bonds. The molecule has 2 atom stereocenters. The van der Waals surface area contributed by atoms with Crippen LogP contribution in [0.15, 0.2) is 30.3 Å². The lowest BCUT2D eigenvalue weighted by Crippen LogP contribution is -2.47. The number of hydrogen-bond acceptors (Lipinski definition) is 4. The number of carbonyl (C=O) groups excluding carboxylic acids is 1.